The minimum Gasteiger partial charge on any atom is -0.379 e. The second-order valence-corrected chi connectivity index (χ2v) is 5.58. The zero-order valence-electron chi connectivity index (χ0n) is 12.7. The van der Waals surface area contributed by atoms with Gasteiger partial charge in [0, 0.05) is 23.9 Å². The molecule has 2 atom stereocenters. The van der Waals surface area contributed by atoms with Crippen LogP contribution in [0.1, 0.15) is 62.1 Å². The molecule has 19 heavy (non-hydrogen) atoms. The standard InChI is InChI=1S/C15H27N3O/c1-5-8-16-11(2)15-12(3)17-18(13(15)4)14-7-6-9-19-10-14/h11,14,16H,5-10H2,1-4H3. The number of nitrogens with zero attached hydrogens (tertiary/aromatic N) is 2. The summed E-state index contributed by atoms with van der Waals surface area (Å²) in [7, 11) is 0. The summed E-state index contributed by atoms with van der Waals surface area (Å²) in [4.78, 5) is 0. The number of hydrogen-bond acceptors (Lipinski definition) is 3. The minimum absolute atomic E-state index is 0.373. The van der Waals surface area contributed by atoms with Crippen molar-refractivity contribution in [2.75, 3.05) is 19.8 Å². The Balaban J connectivity index is 2.18. The van der Waals surface area contributed by atoms with Crippen molar-refractivity contribution < 1.29 is 4.74 Å². The van der Waals surface area contributed by atoms with E-state index in [9.17, 15) is 0 Å². The molecule has 0 saturated carbocycles. The Morgan fingerprint density at radius 2 is 2.26 bits per heavy atom. The fraction of sp³-hybridized carbons (Fsp3) is 0.800. The third-order valence-electron chi connectivity index (χ3n) is 4.00. The van der Waals surface area contributed by atoms with Crippen LogP contribution in [0.15, 0.2) is 0 Å². The van der Waals surface area contributed by atoms with E-state index >= 15 is 0 Å². The fourth-order valence-electron chi connectivity index (χ4n) is 3.04. The molecule has 0 spiro atoms. The summed E-state index contributed by atoms with van der Waals surface area (Å²) in [6.45, 7) is 11.5. The lowest BCUT2D eigenvalue weighted by molar-refractivity contribution is 0.0541. The molecule has 108 valence electrons. The van der Waals surface area contributed by atoms with Gasteiger partial charge in [0.2, 0.25) is 0 Å². The third-order valence-corrected chi connectivity index (χ3v) is 4.00. The van der Waals surface area contributed by atoms with Crippen molar-refractivity contribution in [3.63, 3.8) is 0 Å². The number of nitrogens with one attached hydrogen (secondary N) is 1. The highest BCUT2D eigenvalue weighted by Crippen LogP contribution is 2.27. The molecule has 1 N–H and O–H groups in total. The van der Waals surface area contributed by atoms with Gasteiger partial charge in [-0.1, -0.05) is 6.92 Å². The number of rotatable bonds is 5. The van der Waals surface area contributed by atoms with Crippen molar-refractivity contribution in [1.29, 1.82) is 0 Å². The molecule has 2 unspecified atom stereocenters. The molecule has 0 aromatic carbocycles. The van der Waals surface area contributed by atoms with Crippen molar-refractivity contribution in [2.24, 2.45) is 0 Å². The summed E-state index contributed by atoms with van der Waals surface area (Å²) >= 11 is 0. The minimum atomic E-state index is 0.373. The second-order valence-electron chi connectivity index (χ2n) is 5.58. The quantitative estimate of drug-likeness (QED) is 0.889. The summed E-state index contributed by atoms with van der Waals surface area (Å²) in [5.41, 5.74) is 3.81. The second kappa shape index (κ2) is 6.53. The summed E-state index contributed by atoms with van der Waals surface area (Å²) in [5, 5.41) is 8.32. The first-order valence-electron chi connectivity index (χ1n) is 7.51. The van der Waals surface area contributed by atoms with E-state index in [1.54, 1.807) is 0 Å². The van der Waals surface area contributed by atoms with Crippen molar-refractivity contribution in [3.8, 4) is 0 Å². The molecule has 1 saturated heterocycles. The van der Waals surface area contributed by atoms with Crippen LogP contribution in [-0.4, -0.2) is 29.5 Å². The summed E-state index contributed by atoms with van der Waals surface area (Å²) in [5.74, 6) is 0. The van der Waals surface area contributed by atoms with Gasteiger partial charge in [-0.25, -0.2) is 0 Å². The van der Waals surface area contributed by atoms with Crippen molar-refractivity contribution in [1.82, 2.24) is 15.1 Å². The number of hydrogen-bond donors (Lipinski definition) is 1. The highest BCUT2D eigenvalue weighted by atomic mass is 16.5. The largest absolute Gasteiger partial charge is 0.379 e. The van der Waals surface area contributed by atoms with E-state index in [1.807, 2.05) is 0 Å². The van der Waals surface area contributed by atoms with Crippen LogP contribution in [0.25, 0.3) is 0 Å². The van der Waals surface area contributed by atoms with Crippen molar-refractivity contribution in [2.45, 2.75) is 59.0 Å². The molecule has 1 fully saturated rings. The Kier molecular flexibility index (Phi) is 4.99. The Hall–Kier alpha value is -0.870. The first-order chi connectivity index (χ1) is 9.15. The molecule has 2 rings (SSSR count). The molecule has 2 heterocycles. The van der Waals surface area contributed by atoms with Gasteiger partial charge in [0.1, 0.15) is 0 Å². The van der Waals surface area contributed by atoms with E-state index < -0.39 is 0 Å². The van der Waals surface area contributed by atoms with Gasteiger partial charge in [-0.05, 0) is 46.6 Å². The lowest BCUT2D eigenvalue weighted by atomic mass is 10.1. The number of aromatic nitrogens is 2. The molecule has 0 amide bonds. The normalized spacial score (nSPS) is 21.6. The van der Waals surface area contributed by atoms with Gasteiger partial charge >= 0.3 is 0 Å². The average molecular weight is 265 g/mol. The van der Waals surface area contributed by atoms with Gasteiger partial charge in [0.15, 0.2) is 0 Å². The van der Waals surface area contributed by atoms with Crippen LogP contribution in [0.3, 0.4) is 0 Å². The van der Waals surface area contributed by atoms with Crippen LogP contribution in [0.4, 0.5) is 0 Å². The predicted molar refractivity (Wildman–Crippen MR) is 77.5 cm³/mol. The maximum absolute atomic E-state index is 5.59. The highest BCUT2D eigenvalue weighted by molar-refractivity contribution is 5.28. The first-order valence-corrected chi connectivity index (χ1v) is 7.51. The van der Waals surface area contributed by atoms with Crippen LogP contribution in [0.5, 0.6) is 0 Å². The van der Waals surface area contributed by atoms with E-state index in [0.29, 0.717) is 12.1 Å². The van der Waals surface area contributed by atoms with Crippen LogP contribution >= 0.6 is 0 Å². The summed E-state index contributed by atoms with van der Waals surface area (Å²) < 4.78 is 7.78. The van der Waals surface area contributed by atoms with E-state index in [0.717, 1.165) is 38.3 Å². The molecule has 0 aliphatic carbocycles. The molecule has 4 nitrogen and oxygen atoms in total. The van der Waals surface area contributed by atoms with Crippen molar-refractivity contribution in [3.05, 3.63) is 17.0 Å². The Morgan fingerprint density at radius 3 is 2.89 bits per heavy atom. The summed E-state index contributed by atoms with van der Waals surface area (Å²) in [6, 6.07) is 0.790. The SMILES string of the molecule is CCCNC(C)c1c(C)nn(C2CCCOC2)c1C. The fourth-order valence-corrected chi connectivity index (χ4v) is 3.04. The van der Waals surface area contributed by atoms with Crippen LogP contribution in [0.2, 0.25) is 0 Å². The lowest BCUT2D eigenvalue weighted by Crippen LogP contribution is -2.24. The molecule has 1 aromatic heterocycles. The molecule has 1 aliphatic rings. The Bertz CT molecular complexity index is 408. The molecular weight excluding hydrogens is 238 g/mol. The Morgan fingerprint density at radius 1 is 1.47 bits per heavy atom. The molecular formula is C15H27N3O. The maximum atomic E-state index is 5.59. The van der Waals surface area contributed by atoms with E-state index in [-0.39, 0.29) is 0 Å². The van der Waals surface area contributed by atoms with Gasteiger partial charge < -0.3 is 10.1 Å². The number of ether oxygens (including phenoxy) is 1. The van der Waals surface area contributed by atoms with E-state index in [4.69, 9.17) is 9.84 Å². The molecule has 0 radical (unpaired) electrons. The van der Waals surface area contributed by atoms with Gasteiger partial charge in [0.05, 0.1) is 18.3 Å². The van der Waals surface area contributed by atoms with Gasteiger partial charge in [-0.2, -0.15) is 5.10 Å². The van der Waals surface area contributed by atoms with Crippen LogP contribution in [-0.2, 0) is 4.74 Å². The maximum Gasteiger partial charge on any atom is 0.0756 e. The zero-order valence-corrected chi connectivity index (χ0v) is 12.7. The Labute approximate surface area is 116 Å². The number of aryl methyl sites for hydroxylation is 1. The highest BCUT2D eigenvalue weighted by Gasteiger charge is 2.23. The molecule has 1 aliphatic heterocycles. The zero-order chi connectivity index (χ0) is 13.8. The first kappa shape index (κ1) is 14.5. The molecule has 4 heteroatoms. The van der Waals surface area contributed by atoms with Gasteiger partial charge in [-0.15, -0.1) is 0 Å². The monoisotopic (exact) mass is 265 g/mol. The molecule has 1 aromatic rings. The predicted octanol–water partition coefficient (Wildman–Crippen LogP) is 2.91. The summed E-state index contributed by atoms with van der Waals surface area (Å²) in [6.07, 6.45) is 3.48. The van der Waals surface area contributed by atoms with Crippen LogP contribution < -0.4 is 5.32 Å². The van der Waals surface area contributed by atoms with Gasteiger partial charge in [-0.3, -0.25) is 4.68 Å². The van der Waals surface area contributed by atoms with Crippen molar-refractivity contribution >= 4 is 0 Å². The molecule has 0 bridgehead atoms. The van der Waals surface area contributed by atoms with E-state index in [1.165, 1.54) is 17.7 Å². The third kappa shape index (κ3) is 3.18. The van der Waals surface area contributed by atoms with Crippen LogP contribution in [0, 0.1) is 13.8 Å². The lowest BCUT2D eigenvalue weighted by Gasteiger charge is -2.24. The average Bonchev–Trinajstić information content (AvgIpc) is 2.72. The topological polar surface area (TPSA) is 39.1 Å². The smallest absolute Gasteiger partial charge is 0.0756 e. The van der Waals surface area contributed by atoms with Gasteiger partial charge in [0.25, 0.3) is 0 Å². The van der Waals surface area contributed by atoms with E-state index in [2.05, 4.69) is 37.7 Å².